The average molecular weight is 311 g/mol. The SMILES string of the molecule is O=C(OCc1ccccc1)N1CCCC1CNc1ccccn1. The molecule has 5 heteroatoms. The lowest BCUT2D eigenvalue weighted by atomic mass is 10.2. The Balaban J connectivity index is 1.50. The predicted molar refractivity (Wildman–Crippen MR) is 89.1 cm³/mol. The van der Waals surface area contributed by atoms with Crippen LogP contribution in [0, 0.1) is 0 Å². The monoisotopic (exact) mass is 311 g/mol. The number of ether oxygens (including phenoxy) is 1. The molecule has 1 aliphatic heterocycles. The van der Waals surface area contributed by atoms with Gasteiger partial charge in [0, 0.05) is 19.3 Å². The van der Waals surface area contributed by atoms with Gasteiger partial charge >= 0.3 is 6.09 Å². The fraction of sp³-hybridized carbons (Fsp3) is 0.333. The van der Waals surface area contributed by atoms with Crippen LogP contribution in [0.1, 0.15) is 18.4 Å². The van der Waals surface area contributed by atoms with Gasteiger partial charge in [0.05, 0.1) is 6.04 Å². The molecule has 1 amide bonds. The Hall–Kier alpha value is -2.56. The van der Waals surface area contributed by atoms with Gasteiger partial charge in [-0.2, -0.15) is 0 Å². The molecule has 1 aromatic heterocycles. The Kier molecular flexibility index (Phi) is 5.09. The Morgan fingerprint density at radius 1 is 1.22 bits per heavy atom. The number of amides is 1. The van der Waals surface area contributed by atoms with E-state index in [0.717, 1.165) is 30.8 Å². The highest BCUT2D eigenvalue weighted by Crippen LogP contribution is 2.19. The number of rotatable bonds is 5. The maximum absolute atomic E-state index is 12.3. The van der Waals surface area contributed by atoms with Crippen molar-refractivity contribution in [3.63, 3.8) is 0 Å². The highest BCUT2D eigenvalue weighted by molar-refractivity contribution is 5.68. The molecule has 1 aromatic carbocycles. The van der Waals surface area contributed by atoms with Gasteiger partial charge in [-0.1, -0.05) is 36.4 Å². The smallest absolute Gasteiger partial charge is 0.410 e. The molecule has 0 aliphatic carbocycles. The van der Waals surface area contributed by atoms with E-state index in [1.807, 2.05) is 53.4 Å². The number of anilines is 1. The average Bonchev–Trinajstić information content (AvgIpc) is 3.08. The zero-order valence-electron chi connectivity index (χ0n) is 13.0. The van der Waals surface area contributed by atoms with Crippen molar-refractivity contribution in [1.29, 1.82) is 0 Å². The van der Waals surface area contributed by atoms with E-state index >= 15 is 0 Å². The van der Waals surface area contributed by atoms with Gasteiger partial charge in [-0.25, -0.2) is 9.78 Å². The lowest BCUT2D eigenvalue weighted by molar-refractivity contribution is 0.0936. The van der Waals surface area contributed by atoms with Crippen LogP contribution < -0.4 is 5.32 Å². The first-order valence-corrected chi connectivity index (χ1v) is 7.95. The van der Waals surface area contributed by atoms with Crippen LogP contribution in [-0.2, 0) is 11.3 Å². The number of nitrogens with zero attached hydrogens (tertiary/aromatic N) is 2. The van der Waals surface area contributed by atoms with Gasteiger partial charge in [0.2, 0.25) is 0 Å². The van der Waals surface area contributed by atoms with E-state index in [0.29, 0.717) is 13.2 Å². The summed E-state index contributed by atoms with van der Waals surface area (Å²) in [5, 5.41) is 3.28. The van der Waals surface area contributed by atoms with Crippen LogP contribution in [0.15, 0.2) is 54.7 Å². The van der Waals surface area contributed by atoms with Crippen molar-refractivity contribution < 1.29 is 9.53 Å². The van der Waals surface area contributed by atoms with Crippen molar-refractivity contribution in [3.05, 3.63) is 60.3 Å². The van der Waals surface area contributed by atoms with Crippen LogP contribution in [0.3, 0.4) is 0 Å². The van der Waals surface area contributed by atoms with E-state index in [1.165, 1.54) is 0 Å². The highest BCUT2D eigenvalue weighted by Gasteiger charge is 2.29. The van der Waals surface area contributed by atoms with Crippen molar-refractivity contribution in [3.8, 4) is 0 Å². The van der Waals surface area contributed by atoms with Crippen LogP contribution in [0.5, 0.6) is 0 Å². The topological polar surface area (TPSA) is 54.5 Å². The molecule has 5 nitrogen and oxygen atoms in total. The molecule has 1 fully saturated rings. The first-order valence-electron chi connectivity index (χ1n) is 7.95. The van der Waals surface area contributed by atoms with Gasteiger partial charge in [-0.05, 0) is 30.5 Å². The Bertz CT molecular complexity index is 619. The third-order valence-electron chi connectivity index (χ3n) is 4.00. The molecule has 23 heavy (non-hydrogen) atoms. The summed E-state index contributed by atoms with van der Waals surface area (Å²) >= 11 is 0. The van der Waals surface area contributed by atoms with Crippen LogP contribution in [0.25, 0.3) is 0 Å². The first kappa shape index (κ1) is 15.3. The van der Waals surface area contributed by atoms with Gasteiger partial charge in [-0.15, -0.1) is 0 Å². The maximum Gasteiger partial charge on any atom is 0.410 e. The van der Waals surface area contributed by atoms with Gasteiger partial charge < -0.3 is 15.0 Å². The third-order valence-corrected chi connectivity index (χ3v) is 4.00. The van der Waals surface area contributed by atoms with Crippen LogP contribution in [0.2, 0.25) is 0 Å². The van der Waals surface area contributed by atoms with Gasteiger partial charge in [-0.3, -0.25) is 0 Å². The molecule has 1 saturated heterocycles. The standard InChI is InChI=1S/C18H21N3O2/c22-18(23-14-15-7-2-1-3-8-15)21-12-6-9-16(21)13-20-17-10-4-5-11-19-17/h1-5,7-8,10-11,16H,6,9,12-14H2,(H,19,20). The second kappa shape index (κ2) is 7.63. The van der Waals surface area contributed by atoms with Crippen LogP contribution in [-0.4, -0.2) is 35.1 Å². The number of nitrogens with one attached hydrogen (secondary N) is 1. The summed E-state index contributed by atoms with van der Waals surface area (Å²) < 4.78 is 5.44. The minimum Gasteiger partial charge on any atom is -0.445 e. The highest BCUT2D eigenvalue weighted by atomic mass is 16.6. The zero-order chi connectivity index (χ0) is 15.9. The molecule has 0 spiro atoms. The summed E-state index contributed by atoms with van der Waals surface area (Å²) in [6, 6.07) is 15.6. The van der Waals surface area contributed by atoms with E-state index in [2.05, 4.69) is 10.3 Å². The minimum absolute atomic E-state index is 0.153. The largest absolute Gasteiger partial charge is 0.445 e. The van der Waals surface area contributed by atoms with Crippen LogP contribution >= 0.6 is 0 Å². The maximum atomic E-state index is 12.3. The molecule has 2 heterocycles. The fourth-order valence-corrected chi connectivity index (χ4v) is 2.78. The lowest BCUT2D eigenvalue weighted by Crippen LogP contribution is -2.39. The molecule has 3 rings (SSSR count). The van der Waals surface area contributed by atoms with Crippen molar-refractivity contribution in [2.24, 2.45) is 0 Å². The van der Waals surface area contributed by atoms with E-state index in [4.69, 9.17) is 4.74 Å². The van der Waals surface area contributed by atoms with Crippen molar-refractivity contribution in [2.45, 2.75) is 25.5 Å². The molecule has 0 saturated carbocycles. The summed E-state index contributed by atoms with van der Waals surface area (Å²) in [6.45, 7) is 1.76. The summed E-state index contributed by atoms with van der Waals surface area (Å²) in [7, 11) is 0. The number of pyridine rings is 1. The number of hydrogen-bond acceptors (Lipinski definition) is 4. The molecular weight excluding hydrogens is 290 g/mol. The second-order valence-electron chi connectivity index (χ2n) is 5.63. The summed E-state index contributed by atoms with van der Waals surface area (Å²) in [4.78, 5) is 18.4. The van der Waals surface area contributed by atoms with Crippen molar-refractivity contribution in [2.75, 3.05) is 18.4 Å². The lowest BCUT2D eigenvalue weighted by Gasteiger charge is -2.24. The number of carbonyl (C=O) groups is 1. The number of benzene rings is 1. The first-order chi connectivity index (χ1) is 11.3. The van der Waals surface area contributed by atoms with E-state index < -0.39 is 0 Å². The molecule has 1 aliphatic rings. The van der Waals surface area contributed by atoms with E-state index in [1.54, 1.807) is 6.20 Å². The van der Waals surface area contributed by atoms with Crippen molar-refractivity contribution in [1.82, 2.24) is 9.88 Å². The second-order valence-corrected chi connectivity index (χ2v) is 5.63. The van der Waals surface area contributed by atoms with Gasteiger partial charge in [0.1, 0.15) is 12.4 Å². The van der Waals surface area contributed by atoms with E-state index in [-0.39, 0.29) is 12.1 Å². The molecule has 0 bridgehead atoms. The Morgan fingerprint density at radius 2 is 2.04 bits per heavy atom. The quantitative estimate of drug-likeness (QED) is 0.920. The minimum atomic E-state index is -0.237. The molecule has 0 radical (unpaired) electrons. The van der Waals surface area contributed by atoms with Crippen LogP contribution in [0.4, 0.5) is 10.6 Å². The third kappa shape index (κ3) is 4.22. The molecule has 2 aromatic rings. The summed E-state index contributed by atoms with van der Waals surface area (Å²) in [5.74, 6) is 0.831. The molecule has 1 atom stereocenters. The molecule has 1 N–H and O–H groups in total. The number of aromatic nitrogens is 1. The Labute approximate surface area is 136 Å². The summed E-state index contributed by atoms with van der Waals surface area (Å²) in [5.41, 5.74) is 1.00. The molecule has 1 unspecified atom stereocenters. The van der Waals surface area contributed by atoms with E-state index in [9.17, 15) is 4.79 Å². The molecular formula is C18H21N3O2. The molecule has 120 valence electrons. The normalized spacial score (nSPS) is 17.0. The number of likely N-dealkylation sites (tertiary alicyclic amines) is 1. The number of hydrogen-bond donors (Lipinski definition) is 1. The number of carbonyl (C=O) groups excluding carboxylic acids is 1. The van der Waals surface area contributed by atoms with Crippen molar-refractivity contribution >= 4 is 11.9 Å². The van der Waals surface area contributed by atoms with Gasteiger partial charge in [0.15, 0.2) is 0 Å². The van der Waals surface area contributed by atoms with Gasteiger partial charge in [0.25, 0.3) is 0 Å². The summed E-state index contributed by atoms with van der Waals surface area (Å²) in [6.07, 6.45) is 3.51. The fourth-order valence-electron chi connectivity index (χ4n) is 2.78. The Morgan fingerprint density at radius 3 is 2.83 bits per heavy atom. The zero-order valence-corrected chi connectivity index (χ0v) is 13.0. The predicted octanol–water partition coefficient (Wildman–Crippen LogP) is 3.29.